The van der Waals surface area contributed by atoms with Crippen LogP contribution in [0.15, 0.2) is 30.3 Å². The second-order valence-electron chi connectivity index (χ2n) is 6.50. The van der Waals surface area contributed by atoms with Crippen LogP contribution in [0, 0.1) is 0 Å². The van der Waals surface area contributed by atoms with Crippen molar-refractivity contribution in [2.45, 2.75) is 44.8 Å². The van der Waals surface area contributed by atoms with Crippen LogP contribution in [0.3, 0.4) is 0 Å². The van der Waals surface area contributed by atoms with E-state index in [1.54, 1.807) is 24.3 Å². The van der Waals surface area contributed by atoms with Gasteiger partial charge in [-0.15, -0.1) is 0 Å². The first-order chi connectivity index (χ1) is 12.9. The van der Waals surface area contributed by atoms with Crippen LogP contribution in [0.1, 0.15) is 43.0 Å². The number of nitrogens with one attached hydrogen (secondary N) is 2. The molecule has 1 atom stereocenters. The maximum Gasteiger partial charge on any atom is 0.339 e. The fourth-order valence-corrected chi connectivity index (χ4v) is 3.29. The molecule has 1 aliphatic rings. The van der Waals surface area contributed by atoms with Crippen LogP contribution >= 0.6 is 11.6 Å². The van der Waals surface area contributed by atoms with Crippen molar-refractivity contribution >= 4 is 40.4 Å². The molecule has 1 fully saturated rings. The molecular weight excluding hydrogens is 370 g/mol. The van der Waals surface area contributed by atoms with Crippen molar-refractivity contribution in [2.24, 2.45) is 0 Å². The molecule has 1 saturated carbocycles. The molecule has 1 aromatic carbocycles. The molecule has 7 nitrogen and oxygen atoms in total. The molecule has 1 aromatic heterocycles. The number of imide groups is 1. The molecule has 0 radical (unpaired) electrons. The Morgan fingerprint density at radius 2 is 1.93 bits per heavy atom. The first-order valence-electron chi connectivity index (χ1n) is 8.81. The predicted octanol–water partition coefficient (Wildman–Crippen LogP) is 3.20. The number of hydrogen-bond donors (Lipinski definition) is 2. The first kappa shape index (κ1) is 19.1. The molecule has 1 heterocycles. The van der Waals surface area contributed by atoms with E-state index in [0.717, 1.165) is 25.7 Å². The van der Waals surface area contributed by atoms with Crippen molar-refractivity contribution in [2.75, 3.05) is 0 Å². The van der Waals surface area contributed by atoms with Gasteiger partial charge in [0.25, 0.3) is 5.91 Å². The van der Waals surface area contributed by atoms with Crippen LogP contribution < -0.4 is 10.6 Å². The highest BCUT2D eigenvalue weighted by atomic mass is 35.5. The zero-order chi connectivity index (χ0) is 19.4. The summed E-state index contributed by atoms with van der Waals surface area (Å²) in [4.78, 5) is 40.7. The number of esters is 1. The number of pyridine rings is 1. The number of urea groups is 1. The van der Waals surface area contributed by atoms with Crippen LogP contribution in [0.5, 0.6) is 0 Å². The number of fused-ring (bicyclic) bond motifs is 1. The number of aromatic nitrogens is 1. The first-order valence-corrected chi connectivity index (χ1v) is 9.19. The number of halogens is 1. The van der Waals surface area contributed by atoms with Gasteiger partial charge in [-0.25, -0.2) is 14.6 Å². The van der Waals surface area contributed by atoms with Gasteiger partial charge in [0.05, 0.1) is 11.1 Å². The Bertz CT molecular complexity index is 880. The molecule has 8 heteroatoms. The summed E-state index contributed by atoms with van der Waals surface area (Å²) in [6.45, 7) is 1.40. The zero-order valence-corrected chi connectivity index (χ0v) is 15.6. The standard InChI is InChI=1S/C19H20ClN3O4/c1-11(17(24)23-19(26)21-12-6-2-3-7-12)27-18(25)14-10-16(20)22-15-9-5-4-8-13(14)15/h4-5,8-12H,2-3,6-7H2,1H3,(H2,21,23,24,26)/t11-/m1/s1. The van der Waals surface area contributed by atoms with Crippen LogP contribution in [0.2, 0.25) is 5.15 Å². The SMILES string of the molecule is C[C@@H](OC(=O)c1cc(Cl)nc2ccccc12)C(=O)NC(=O)NC1CCCC1. The molecule has 2 aromatic rings. The average Bonchev–Trinajstić information content (AvgIpc) is 3.13. The molecule has 0 unspecified atom stereocenters. The van der Waals surface area contributed by atoms with Gasteiger partial charge in [0, 0.05) is 11.4 Å². The minimum atomic E-state index is -1.14. The lowest BCUT2D eigenvalue weighted by molar-refractivity contribution is -0.127. The average molecular weight is 390 g/mol. The van der Waals surface area contributed by atoms with Gasteiger partial charge >= 0.3 is 12.0 Å². The molecule has 142 valence electrons. The van der Waals surface area contributed by atoms with Crippen molar-refractivity contribution < 1.29 is 19.1 Å². The summed E-state index contributed by atoms with van der Waals surface area (Å²) >= 11 is 5.97. The summed E-state index contributed by atoms with van der Waals surface area (Å²) in [5, 5.41) is 5.67. The summed E-state index contributed by atoms with van der Waals surface area (Å²) in [5.74, 6) is -1.40. The van der Waals surface area contributed by atoms with Crippen LogP contribution in [0.25, 0.3) is 10.9 Å². The molecule has 0 aliphatic heterocycles. The van der Waals surface area contributed by atoms with Gasteiger partial charge in [-0.05, 0) is 31.9 Å². The van der Waals surface area contributed by atoms with Gasteiger partial charge < -0.3 is 10.1 Å². The number of hydrogen-bond acceptors (Lipinski definition) is 5. The third kappa shape index (κ3) is 4.74. The third-order valence-corrected chi connectivity index (χ3v) is 4.68. The number of rotatable bonds is 4. The molecule has 0 bridgehead atoms. The van der Waals surface area contributed by atoms with Gasteiger partial charge in [-0.3, -0.25) is 10.1 Å². The van der Waals surface area contributed by atoms with E-state index in [1.165, 1.54) is 13.0 Å². The normalized spacial score (nSPS) is 15.3. The fraction of sp³-hybridized carbons (Fsp3) is 0.368. The quantitative estimate of drug-likeness (QED) is 0.618. The van der Waals surface area contributed by atoms with Gasteiger partial charge in [0.1, 0.15) is 5.15 Å². The number of carbonyl (C=O) groups is 3. The minimum Gasteiger partial charge on any atom is -0.449 e. The molecule has 3 amide bonds. The lowest BCUT2D eigenvalue weighted by atomic mass is 10.1. The molecule has 27 heavy (non-hydrogen) atoms. The lowest BCUT2D eigenvalue weighted by Crippen LogP contribution is -2.47. The topological polar surface area (TPSA) is 97.4 Å². The molecule has 2 N–H and O–H groups in total. The maximum atomic E-state index is 12.5. The van der Waals surface area contributed by atoms with E-state index in [2.05, 4.69) is 15.6 Å². The number of ether oxygens (including phenoxy) is 1. The smallest absolute Gasteiger partial charge is 0.339 e. The Hall–Kier alpha value is -2.67. The monoisotopic (exact) mass is 389 g/mol. The molecule has 3 rings (SSSR count). The summed E-state index contributed by atoms with van der Waals surface area (Å²) in [5.41, 5.74) is 0.755. The second kappa shape index (κ2) is 8.35. The van der Waals surface area contributed by atoms with Crippen LogP contribution in [-0.2, 0) is 9.53 Å². The second-order valence-corrected chi connectivity index (χ2v) is 6.89. The van der Waals surface area contributed by atoms with E-state index in [1.807, 2.05) is 0 Å². The fourth-order valence-electron chi connectivity index (χ4n) is 3.09. The summed E-state index contributed by atoms with van der Waals surface area (Å²) < 4.78 is 5.21. The molecular formula is C19H20ClN3O4. The zero-order valence-electron chi connectivity index (χ0n) is 14.8. The van der Waals surface area contributed by atoms with Crippen molar-refractivity contribution in [3.8, 4) is 0 Å². The van der Waals surface area contributed by atoms with E-state index in [-0.39, 0.29) is 16.8 Å². The highest BCUT2D eigenvalue weighted by Crippen LogP contribution is 2.22. The van der Waals surface area contributed by atoms with E-state index < -0.39 is 24.0 Å². The van der Waals surface area contributed by atoms with Crippen LogP contribution in [-0.4, -0.2) is 35.0 Å². The minimum absolute atomic E-state index is 0.0842. The van der Waals surface area contributed by atoms with Crippen molar-refractivity contribution in [3.63, 3.8) is 0 Å². The number of benzene rings is 1. The molecule has 0 saturated heterocycles. The maximum absolute atomic E-state index is 12.5. The number of nitrogens with zero attached hydrogens (tertiary/aromatic N) is 1. The van der Waals surface area contributed by atoms with E-state index in [4.69, 9.17) is 16.3 Å². The van der Waals surface area contributed by atoms with Gasteiger partial charge in [-0.1, -0.05) is 42.6 Å². The largest absolute Gasteiger partial charge is 0.449 e. The van der Waals surface area contributed by atoms with Gasteiger partial charge in [0.15, 0.2) is 6.10 Å². The molecule has 1 aliphatic carbocycles. The Kier molecular flexibility index (Phi) is 5.91. The summed E-state index contributed by atoms with van der Waals surface area (Å²) in [6, 6.07) is 7.88. The van der Waals surface area contributed by atoms with Crippen molar-refractivity contribution in [1.82, 2.24) is 15.6 Å². The van der Waals surface area contributed by atoms with Gasteiger partial charge in [-0.2, -0.15) is 0 Å². The Morgan fingerprint density at radius 3 is 2.67 bits per heavy atom. The highest BCUT2D eigenvalue weighted by Gasteiger charge is 2.24. The lowest BCUT2D eigenvalue weighted by Gasteiger charge is -2.16. The number of amides is 3. The Morgan fingerprint density at radius 1 is 1.22 bits per heavy atom. The van der Waals surface area contributed by atoms with E-state index >= 15 is 0 Å². The van der Waals surface area contributed by atoms with E-state index in [9.17, 15) is 14.4 Å². The third-order valence-electron chi connectivity index (χ3n) is 4.48. The van der Waals surface area contributed by atoms with E-state index in [0.29, 0.717) is 10.9 Å². The summed E-state index contributed by atoms with van der Waals surface area (Å²) in [7, 11) is 0. The van der Waals surface area contributed by atoms with Crippen molar-refractivity contribution in [1.29, 1.82) is 0 Å². The van der Waals surface area contributed by atoms with Crippen LogP contribution in [0.4, 0.5) is 4.79 Å². The Balaban J connectivity index is 1.63. The van der Waals surface area contributed by atoms with Crippen molar-refractivity contribution in [3.05, 3.63) is 41.0 Å². The number of carbonyl (C=O) groups excluding carboxylic acids is 3. The Labute approximate surface area is 161 Å². The summed E-state index contributed by atoms with van der Waals surface area (Å²) in [6.07, 6.45) is 2.80. The highest BCUT2D eigenvalue weighted by molar-refractivity contribution is 6.30. The number of para-hydroxylation sites is 1. The van der Waals surface area contributed by atoms with Gasteiger partial charge in [0.2, 0.25) is 0 Å². The molecule has 0 spiro atoms. The predicted molar refractivity (Wildman–Crippen MR) is 101 cm³/mol.